The minimum atomic E-state index is 0.175. The van der Waals surface area contributed by atoms with E-state index in [-0.39, 0.29) is 5.54 Å². The van der Waals surface area contributed by atoms with E-state index in [9.17, 15) is 0 Å². The number of hydrogen-bond donors (Lipinski definition) is 0. The van der Waals surface area contributed by atoms with Gasteiger partial charge in [-0.15, -0.1) is 11.3 Å². The number of fused-ring (bicyclic) bond motifs is 1. The highest BCUT2D eigenvalue weighted by atomic mass is 32.1. The summed E-state index contributed by atoms with van der Waals surface area (Å²) in [6.07, 6.45) is 2.35. The molecule has 0 N–H and O–H groups in total. The van der Waals surface area contributed by atoms with E-state index < -0.39 is 0 Å². The molecule has 37 heavy (non-hydrogen) atoms. The second-order valence-electron chi connectivity index (χ2n) is 10.6. The van der Waals surface area contributed by atoms with Crippen molar-refractivity contribution in [3.63, 3.8) is 0 Å². The zero-order valence-corrected chi connectivity index (χ0v) is 23.7. The summed E-state index contributed by atoms with van der Waals surface area (Å²) in [7, 11) is 8.48. The number of aromatic nitrogens is 1. The van der Waals surface area contributed by atoms with Crippen LogP contribution >= 0.6 is 11.3 Å². The number of likely N-dealkylation sites (tertiary alicyclic amines) is 1. The molecule has 4 aromatic rings. The van der Waals surface area contributed by atoms with Gasteiger partial charge in [0.2, 0.25) is 0 Å². The van der Waals surface area contributed by atoms with Gasteiger partial charge in [0.05, 0.1) is 23.9 Å². The van der Waals surface area contributed by atoms with Crippen molar-refractivity contribution in [2.24, 2.45) is 0 Å². The Morgan fingerprint density at radius 2 is 1.73 bits per heavy atom. The van der Waals surface area contributed by atoms with E-state index in [4.69, 9.17) is 4.74 Å². The molecule has 2 aromatic heterocycles. The first-order valence-corrected chi connectivity index (χ1v) is 14.2. The van der Waals surface area contributed by atoms with E-state index in [1.54, 1.807) is 7.11 Å². The van der Waals surface area contributed by atoms with Crippen molar-refractivity contribution in [3.05, 3.63) is 82.2 Å². The van der Waals surface area contributed by atoms with Gasteiger partial charge in [0.15, 0.2) is 0 Å². The summed E-state index contributed by atoms with van der Waals surface area (Å²) in [6.45, 7) is 7.45. The summed E-state index contributed by atoms with van der Waals surface area (Å²) in [5, 5.41) is 3.48. The Hall–Kier alpha value is -2.80. The van der Waals surface area contributed by atoms with Crippen molar-refractivity contribution in [2.75, 3.05) is 59.3 Å². The summed E-state index contributed by atoms with van der Waals surface area (Å²) >= 11 is 1.90. The van der Waals surface area contributed by atoms with Crippen molar-refractivity contribution < 1.29 is 4.74 Å². The highest BCUT2D eigenvalue weighted by Crippen LogP contribution is 2.40. The lowest BCUT2D eigenvalue weighted by atomic mass is 9.84. The summed E-state index contributed by atoms with van der Waals surface area (Å²) < 4.78 is 8.06. The topological polar surface area (TPSA) is 23.9 Å². The van der Waals surface area contributed by atoms with Crippen molar-refractivity contribution in [3.8, 4) is 5.75 Å². The average Bonchev–Trinajstić information content (AvgIpc) is 3.55. The molecule has 0 spiro atoms. The van der Waals surface area contributed by atoms with Gasteiger partial charge in [0, 0.05) is 55.7 Å². The van der Waals surface area contributed by atoms with Gasteiger partial charge in [-0.05, 0) is 69.1 Å². The highest BCUT2D eigenvalue weighted by molar-refractivity contribution is 7.10. The van der Waals surface area contributed by atoms with Gasteiger partial charge in [0.1, 0.15) is 5.75 Å². The summed E-state index contributed by atoms with van der Waals surface area (Å²) in [5.41, 5.74) is 5.36. The maximum Gasteiger partial charge on any atom is 0.119 e. The molecule has 0 radical (unpaired) electrons. The number of rotatable bonds is 9. The van der Waals surface area contributed by atoms with Gasteiger partial charge in [0.25, 0.3) is 0 Å². The molecule has 5 rings (SSSR count). The Labute approximate surface area is 225 Å². The molecule has 2 aromatic carbocycles. The predicted molar refractivity (Wildman–Crippen MR) is 157 cm³/mol. The van der Waals surface area contributed by atoms with Crippen molar-refractivity contribution in [1.29, 1.82) is 0 Å². The SMILES string of the molecule is COc1ccc2c(c1)c(N(C)CCN1CCC(c3cccs3)(N(C)C)CC1)c(C)n2Cc1ccccc1. The molecule has 1 aliphatic rings. The number of thiophene rings is 1. The molecule has 0 bridgehead atoms. The van der Waals surface area contributed by atoms with E-state index in [0.717, 1.165) is 38.5 Å². The molecule has 1 fully saturated rings. The number of likely N-dealkylation sites (N-methyl/N-ethyl adjacent to an activating group) is 1. The third-order valence-corrected chi connectivity index (χ3v) is 9.40. The first-order chi connectivity index (χ1) is 17.9. The lowest BCUT2D eigenvalue weighted by molar-refractivity contribution is 0.0580. The maximum atomic E-state index is 5.61. The van der Waals surface area contributed by atoms with Gasteiger partial charge in [-0.3, -0.25) is 4.90 Å². The van der Waals surface area contributed by atoms with Crippen LogP contribution in [0.4, 0.5) is 5.69 Å². The van der Waals surface area contributed by atoms with Crippen LogP contribution in [0.25, 0.3) is 10.9 Å². The minimum Gasteiger partial charge on any atom is -0.497 e. The molecule has 3 heterocycles. The number of hydrogen-bond acceptors (Lipinski definition) is 5. The van der Waals surface area contributed by atoms with Crippen LogP contribution in [-0.2, 0) is 12.1 Å². The molecular weight excluding hydrogens is 476 g/mol. The van der Waals surface area contributed by atoms with Crippen molar-refractivity contribution >= 4 is 27.9 Å². The fourth-order valence-corrected chi connectivity index (χ4v) is 7.10. The smallest absolute Gasteiger partial charge is 0.119 e. The average molecular weight is 517 g/mol. The Balaban J connectivity index is 1.33. The Kier molecular flexibility index (Phi) is 7.61. The van der Waals surface area contributed by atoms with Crippen LogP contribution in [0.3, 0.4) is 0 Å². The van der Waals surface area contributed by atoms with Crippen LogP contribution in [0.1, 0.15) is 29.0 Å². The molecule has 0 aliphatic carbocycles. The zero-order chi connectivity index (χ0) is 26.0. The predicted octanol–water partition coefficient (Wildman–Crippen LogP) is 6.06. The summed E-state index contributed by atoms with van der Waals surface area (Å²) in [5.74, 6) is 0.906. The first kappa shape index (κ1) is 25.8. The second kappa shape index (κ2) is 10.9. The maximum absolute atomic E-state index is 5.61. The van der Waals surface area contributed by atoms with Crippen LogP contribution < -0.4 is 9.64 Å². The lowest BCUT2D eigenvalue weighted by Gasteiger charge is -2.46. The Morgan fingerprint density at radius 3 is 2.38 bits per heavy atom. The van der Waals surface area contributed by atoms with E-state index >= 15 is 0 Å². The normalized spacial score (nSPS) is 15.9. The molecule has 5 nitrogen and oxygen atoms in total. The standard InChI is InChI=1S/C31H40N4OS/c1-24-30(27-22-26(36-5)13-14-28(27)35(24)23-25-10-7-6-8-11-25)33(4)19-20-34-17-15-31(16-18-34,32(2)3)29-12-9-21-37-29/h6-14,21-22H,15-20,23H2,1-5H3. The van der Waals surface area contributed by atoms with Gasteiger partial charge in [-0.1, -0.05) is 36.4 Å². The van der Waals surface area contributed by atoms with Crippen LogP contribution in [-0.4, -0.2) is 68.8 Å². The molecule has 0 atom stereocenters. The molecule has 0 saturated carbocycles. The van der Waals surface area contributed by atoms with Crippen LogP contribution in [0.2, 0.25) is 0 Å². The Bertz CT molecular complexity index is 1300. The molecule has 0 unspecified atom stereocenters. The van der Waals surface area contributed by atoms with Gasteiger partial charge < -0.3 is 19.1 Å². The molecule has 6 heteroatoms. The molecule has 1 aliphatic heterocycles. The zero-order valence-electron chi connectivity index (χ0n) is 22.9. The van der Waals surface area contributed by atoms with Crippen molar-refractivity contribution in [2.45, 2.75) is 31.8 Å². The number of benzene rings is 2. The Morgan fingerprint density at radius 1 is 0.973 bits per heavy atom. The van der Waals surface area contributed by atoms with Crippen molar-refractivity contribution in [1.82, 2.24) is 14.4 Å². The van der Waals surface area contributed by atoms with E-state index in [0.29, 0.717) is 0 Å². The van der Waals surface area contributed by atoms with Gasteiger partial charge in [-0.25, -0.2) is 0 Å². The van der Waals surface area contributed by atoms with Crippen LogP contribution in [0, 0.1) is 6.92 Å². The minimum absolute atomic E-state index is 0.175. The van der Waals surface area contributed by atoms with Gasteiger partial charge >= 0.3 is 0 Å². The van der Waals surface area contributed by atoms with Crippen LogP contribution in [0.5, 0.6) is 5.75 Å². The number of anilines is 1. The third-order valence-electron chi connectivity index (χ3n) is 8.33. The summed E-state index contributed by atoms with van der Waals surface area (Å²) in [4.78, 5) is 9.04. The fraction of sp³-hybridized carbons (Fsp3) is 0.419. The largest absolute Gasteiger partial charge is 0.497 e. The number of nitrogens with zero attached hydrogens (tertiary/aromatic N) is 4. The summed E-state index contributed by atoms with van der Waals surface area (Å²) in [6, 6.07) is 21.7. The molecule has 1 saturated heterocycles. The fourth-order valence-electron chi connectivity index (χ4n) is 6.03. The van der Waals surface area contributed by atoms with E-state index in [2.05, 4.69) is 113 Å². The highest BCUT2D eigenvalue weighted by Gasteiger charge is 2.38. The number of methoxy groups -OCH3 is 1. The quantitative estimate of drug-likeness (QED) is 0.270. The molecule has 0 amide bonds. The van der Waals surface area contributed by atoms with E-state index in [1.165, 1.54) is 45.6 Å². The molecule has 196 valence electrons. The number of piperidine rings is 1. The second-order valence-corrected chi connectivity index (χ2v) is 11.5. The molecular formula is C31H40N4OS. The lowest BCUT2D eigenvalue weighted by Crippen LogP contribution is -2.51. The third kappa shape index (κ3) is 5.02. The van der Waals surface area contributed by atoms with Crippen LogP contribution in [0.15, 0.2) is 66.0 Å². The first-order valence-electron chi connectivity index (χ1n) is 13.3. The van der Waals surface area contributed by atoms with Gasteiger partial charge in [-0.2, -0.15) is 0 Å². The number of ether oxygens (including phenoxy) is 1. The van der Waals surface area contributed by atoms with E-state index in [1.807, 2.05) is 11.3 Å². The monoisotopic (exact) mass is 516 g/mol.